The zero-order chi connectivity index (χ0) is 17.5. The van der Waals surface area contributed by atoms with Crippen molar-refractivity contribution in [3.63, 3.8) is 0 Å². The highest BCUT2D eigenvalue weighted by atomic mass is 16.5. The molecule has 1 heterocycles. The van der Waals surface area contributed by atoms with Crippen LogP contribution < -0.4 is 15.2 Å². The third-order valence-electron chi connectivity index (χ3n) is 4.77. The lowest BCUT2D eigenvalue weighted by Crippen LogP contribution is -2.52. The number of nitrogens with two attached hydrogens (primary N) is 1. The van der Waals surface area contributed by atoms with E-state index in [0.717, 1.165) is 37.6 Å². The summed E-state index contributed by atoms with van der Waals surface area (Å²) in [5.41, 5.74) is 7.34. The van der Waals surface area contributed by atoms with Gasteiger partial charge in [-0.05, 0) is 45.0 Å². The normalized spacial score (nSPS) is 20.8. The van der Waals surface area contributed by atoms with Crippen molar-refractivity contribution in [1.82, 2.24) is 9.80 Å². The molecule has 0 aliphatic carbocycles. The van der Waals surface area contributed by atoms with Crippen molar-refractivity contribution >= 4 is 0 Å². The standard InChI is InChI=1S/C19H33N3O2/c1-5-11-24-18-8-7-16(12-19(18)23-6-2)17(13-20)22-10-9-21(4)15(3)14-22/h7-8,12,15,17H,5-6,9-11,13-14,20H2,1-4H3. The third kappa shape index (κ3) is 4.62. The predicted octanol–water partition coefficient (Wildman–Crippen LogP) is 2.51. The summed E-state index contributed by atoms with van der Waals surface area (Å²) in [4.78, 5) is 4.89. The van der Waals surface area contributed by atoms with E-state index < -0.39 is 0 Å². The summed E-state index contributed by atoms with van der Waals surface area (Å²) in [7, 11) is 2.19. The molecule has 5 nitrogen and oxygen atoms in total. The summed E-state index contributed by atoms with van der Waals surface area (Å²) in [5.74, 6) is 1.65. The maximum atomic E-state index is 6.13. The van der Waals surface area contributed by atoms with Crippen LogP contribution in [0.25, 0.3) is 0 Å². The summed E-state index contributed by atoms with van der Waals surface area (Å²) in [5, 5.41) is 0. The highest BCUT2D eigenvalue weighted by molar-refractivity contribution is 5.44. The van der Waals surface area contributed by atoms with Crippen LogP contribution in [0, 0.1) is 0 Å². The fourth-order valence-electron chi connectivity index (χ4n) is 3.19. The van der Waals surface area contributed by atoms with Gasteiger partial charge in [-0.15, -0.1) is 0 Å². The van der Waals surface area contributed by atoms with Gasteiger partial charge in [0.05, 0.1) is 13.2 Å². The summed E-state index contributed by atoms with van der Waals surface area (Å²) >= 11 is 0. The van der Waals surface area contributed by atoms with Gasteiger partial charge in [0.1, 0.15) is 0 Å². The molecule has 1 fully saturated rings. The van der Waals surface area contributed by atoms with Gasteiger partial charge in [-0.2, -0.15) is 0 Å². The van der Waals surface area contributed by atoms with E-state index in [2.05, 4.69) is 42.8 Å². The molecule has 2 rings (SSSR count). The predicted molar refractivity (Wildman–Crippen MR) is 98.9 cm³/mol. The van der Waals surface area contributed by atoms with Crippen LogP contribution in [0.4, 0.5) is 0 Å². The molecule has 1 aliphatic heterocycles. The zero-order valence-electron chi connectivity index (χ0n) is 15.6. The van der Waals surface area contributed by atoms with Crippen molar-refractivity contribution in [1.29, 1.82) is 0 Å². The molecule has 0 aromatic heterocycles. The number of piperazine rings is 1. The smallest absolute Gasteiger partial charge is 0.161 e. The van der Waals surface area contributed by atoms with Crippen LogP contribution in [0.15, 0.2) is 18.2 Å². The van der Waals surface area contributed by atoms with Gasteiger partial charge in [-0.1, -0.05) is 13.0 Å². The highest BCUT2D eigenvalue weighted by Crippen LogP contribution is 2.33. The van der Waals surface area contributed by atoms with Crippen molar-refractivity contribution in [3.8, 4) is 11.5 Å². The molecule has 0 radical (unpaired) electrons. The Hall–Kier alpha value is -1.30. The number of hydrogen-bond acceptors (Lipinski definition) is 5. The molecule has 5 heteroatoms. The van der Waals surface area contributed by atoms with Crippen LogP contribution in [-0.2, 0) is 0 Å². The lowest BCUT2D eigenvalue weighted by molar-refractivity contribution is 0.0740. The Bertz CT molecular complexity index is 509. The van der Waals surface area contributed by atoms with Crippen molar-refractivity contribution in [3.05, 3.63) is 23.8 Å². The summed E-state index contributed by atoms with van der Waals surface area (Å²) in [6.07, 6.45) is 0.984. The van der Waals surface area contributed by atoms with Gasteiger partial charge in [-0.3, -0.25) is 4.90 Å². The molecule has 0 spiro atoms. The highest BCUT2D eigenvalue weighted by Gasteiger charge is 2.27. The maximum Gasteiger partial charge on any atom is 0.161 e. The number of benzene rings is 1. The van der Waals surface area contributed by atoms with Crippen molar-refractivity contribution in [2.45, 2.75) is 39.3 Å². The molecule has 2 N–H and O–H groups in total. The monoisotopic (exact) mass is 335 g/mol. The maximum absolute atomic E-state index is 6.13. The molecule has 24 heavy (non-hydrogen) atoms. The number of rotatable bonds is 8. The minimum absolute atomic E-state index is 0.223. The van der Waals surface area contributed by atoms with Gasteiger partial charge < -0.3 is 20.1 Å². The molecule has 1 aromatic rings. The molecular formula is C19H33N3O2. The minimum atomic E-state index is 0.223. The van der Waals surface area contributed by atoms with Crippen LogP contribution in [0.1, 0.15) is 38.8 Å². The SMILES string of the molecule is CCCOc1ccc(C(CN)N2CCN(C)C(C)C2)cc1OCC. The summed E-state index contributed by atoms with van der Waals surface area (Å²) in [6.45, 7) is 11.5. The Labute approximate surface area is 146 Å². The zero-order valence-corrected chi connectivity index (χ0v) is 15.6. The van der Waals surface area contributed by atoms with E-state index in [1.165, 1.54) is 5.56 Å². The third-order valence-corrected chi connectivity index (χ3v) is 4.77. The summed E-state index contributed by atoms with van der Waals surface area (Å²) in [6, 6.07) is 7.04. The van der Waals surface area contributed by atoms with Crippen LogP contribution >= 0.6 is 0 Å². The van der Waals surface area contributed by atoms with Gasteiger partial charge in [0, 0.05) is 38.3 Å². The number of hydrogen-bond donors (Lipinski definition) is 1. The van der Waals surface area contributed by atoms with Crippen molar-refractivity contribution in [2.24, 2.45) is 5.73 Å². The van der Waals surface area contributed by atoms with E-state index in [1.54, 1.807) is 0 Å². The second kappa shape index (κ2) is 9.25. The Morgan fingerprint density at radius 2 is 2.00 bits per heavy atom. The largest absolute Gasteiger partial charge is 0.490 e. The van der Waals surface area contributed by atoms with Gasteiger partial charge in [-0.25, -0.2) is 0 Å². The number of nitrogens with zero attached hydrogens (tertiary/aromatic N) is 2. The van der Waals surface area contributed by atoms with Gasteiger partial charge >= 0.3 is 0 Å². The number of ether oxygens (including phenoxy) is 2. The lowest BCUT2D eigenvalue weighted by Gasteiger charge is -2.41. The van der Waals surface area contributed by atoms with E-state index in [4.69, 9.17) is 15.2 Å². The first kappa shape index (κ1) is 19.0. The first-order valence-corrected chi connectivity index (χ1v) is 9.14. The second-order valence-electron chi connectivity index (χ2n) is 6.56. The van der Waals surface area contributed by atoms with E-state index >= 15 is 0 Å². The fourth-order valence-corrected chi connectivity index (χ4v) is 3.19. The number of likely N-dealkylation sites (N-methyl/N-ethyl adjacent to an activating group) is 1. The molecule has 0 amide bonds. The van der Waals surface area contributed by atoms with Gasteiger partial charge in [0.15, 0.2) is 11.5 Å². The topological polar surface area (TPSA) is 51.0 Å². The second-order valence-corrected chi connectivity index (χ2v) is 6.56. The van der Waals surface area contributed by atoms with Crippen molar-refractivity contribution < 1.29 is 9.47 Å². The van der Waals surface area contributed by atoms with E-state index in [0.29, 0.717) is 25.8 Å². The van der Waals surface area contributed by atoms with Crippen molar-refractivity contribution in [2.75, 3.05) is 46.4 Å². The molecule has 0 bridgehead atoms. The van der Waals surface area contributed by atoms with Crippen LogP contribution in [0.2, 0.25) is 0 Å². The Morgan fingerprint density at radius 1 is 1.21 bits per heavy atom. The molecular weight excluding hydrogens is 302 g/mol. The molecule has 0 saturated carbocycles. The first-order valence-electron chi connectivity index (χ1n) is 9.14. The van der Waals surface area contributed by atoms with Gasteiger partial charge in [0.2, 0.25) is 0 Å². The lowest BCUT2D eigenvalue weighted by atomic mass is 10.0. The van der Waals surface area contributed by atoms with E-state index in [-0.39, 0.29) is 6.04 Å². The minimum Gasteiger partial charge on any atom is -0.490 e. The van der Waals surface area contributed by atoms with E-state index in [1.807, 2.05) is 13.0 Å². The quantitative estimate of drug-likeness (QED) is 0.791. The molecule has 1 aromatic carbocycles. The average molecular weight is 335 g/mol. The Kier molecular flexibility index (Phi) is 7.34. The van der Waals surface area contributed by atoms with E-state index in [9.17, 15) is 0 Å². The molecule has 1 saturated heterocycles. The Morgan fingerprint density at radius 3 is 2.62 bits per heavy atom. The van der Waals surface area contributed by atoms with Crippen LogP contribution in [0.5, 0.6) is 11.5 Å². The summed E-state index contributed by atoms with van der Waals surface area (Å²) < 4.78 is 11.6. The molecule has 2 unspecified atom stereocenters. The molecule has 1 aliphatic rings. The molecule has 136 valence electrons. The fraction of sp³-hybridized carbons (Fsp3) is 0.684. The first-order chi connectivity index (χ1) is 11.6. The molecule has 2 atom stereocenters. The van der Waals surface area contributed by atoms with Gasteiger partial charge in [0.25, 0.3) is 0 Å². The average Bonchev–Trinajstić information content (AvgIpc) is 2.58. The van der Waals surface area contributed by atoms with Crippen LogP contribution in [0.3, 0.4) is 0 Å². The Balaban J connectivity index is 2.19. The van der Waals surface area contributed by atoms with Crippen LogP contribution in [-0.4, -0.2) is 62.3 Å².